The molecule has 0 atom stereocenters. The highest BCUT2D eigenvalue weighted by molar-refractivity contribution is 6.02. The number of ketones is 1. The third-order valence-corrected chi connectivity index (χ3v) is 2.83. The Kier molecular flexibility index (Phi) is 2.21. The second-order valence-corrected chi connectivity index (χ2v) is 4.10. The second-order valence-electron chi connectivity index (χ2n) is 4.10. The molecular formula is C11H12FNO2. The van der Waals surface area contributed by atoms with Crippen molar-refractivity contribution in [2.45, 2.75) is 19.8 Å². The fourth-order valence-corrected chi connectivity index (χ4v) is 1.44. The first-order chi connectivity index (χ1) is 7.07. The molecule has 1 aliphatic rings. The number of carbonyl (C=O) groups is 1. The van der Waals surface area contributed by atoms with Crippen molar-refractivity contribution in [1.29, 1.82) is 0 Å². The van der Waals surface area contributed by atoms with Gasteiger partial charge in [-0.1, -0.05) is 6.92 Å². The summed E-state index contributed by atoms with van der Waals surface area (Å²) in [5.41, 5.74) is -0.283. The van der Waals surface area contributed by atoms with Gasteiger partial charge in [-0.15, -0.1) is 0 Å². The van der Waals surface area contributed by atoms with Gasteiger partial charge in [0, 0.05) is 11.5 Å². The topological polar surface area (TPSA) is 39.2 Å². The van der Waals surface area contributed by atoms with Crippen LogP contribution >= 0.6 is 0 Å². The Morgan fingerprint density at radius 2 is 2.27 bits per heavy atom. The number of nitrogens with zero attached hydrogens (tertiary/aromatic N) is 1. The Labute approximate surface area is 87.3 Å². The van der Waals surface area contributed by atoms with Crippen molar-refractivity contribution in [1.82, 2.24) is 4.98 Å². The zero-order chi connectivity index (χ0) is 11.1. The van der Waals surface area contributed by atoms with Gasteiger partial charge in [-0.2, -0.15) is 0 Å². The molecule has 0 bridgehead atoms. The standard InChI is InChI=1S/C11H12FNO2/c1-11(3-4-11)10(14)7-5-9(15-2)13-6-8(7)12/h5-6H,3-4H2,1-2H3. The summed E-state index contributed by atoms with van der Waals surface area (Å²) in [7, 11) is 1.44. The van der Waals surface area contributed by atoms with Gasteiger partial charge in [0.1, 0.15) is 0 Å². The Balaban J connectivity index is 2.38. The summed E-state index contributed by atoms with van der Waals surface area (Å²) < 4.78 is 18.2. The highest BCUT2D eigenvalue weighted by Crippen LogP contribution is 2.47. The van der Waals surface area contributed by atoms with Crippen LogP contribution in [0, 0.1) is 11.2 Å². The van der Waals surface area contributed by atoms with Gasteiger partial charge in [0.25, 0.3) is 0 Å². The normalized spacial score (nSPS) is 17.3. The van der Waals surface area contributed by atoms with Crippen LogP contribution in [0.5, 0.6) is 5.88 Å². The molecule has 0 unspecified atom stereocenters. The van der Waals surface area contributed by atoms with Crippen LogP contribution < -0.4 is 4.74 Å². The predicted octanol–water partition coefficient (Wildman–Crippen LogP) is 2.21. The van der Waals surface area contributed by atoms with E-state index in [0.29, 0.717) is 0 Å². The lowest BCUT2D eigenvalue weighted by molar-refractivity contribution is 0.0907. The number of methoxy groups -OCH3 is 1. The van der Waals surface area contributed by atoms with E-state index in [4.69, 9.17) is 4.74 Å². The molecule has 1 heterocycles. The van der Waals surface area contributed by atoms with Gasteiger partial charge >= 0.3 is 0 Å². The molecule has 1 aromatic rings. The van der Waals surface area contributed by atoms with Crippen LogP contribution in [-0.2, 0) is 0 Å². The van der Waals surface area contributed by atoms with Crippen molar-refractivity contribution in [2.75, 3.05) is 7.11 Å². The number of halogens is 1. The Morgan fingerprint density at radius 1 is 1.60 bits per heavy atom. The van der Waals surface area contributed by atoms with Crippen molar-refractivity contribution in [2.24, 2.45) is 5.41 Å². The molecule has 0 spiro atoms. The fourth-order valence-electron chi connectivity index (χ4n) is 1.44. The highest BCUT2D eigenvalue weighted by atomic mass is 19.1. The van der Waals surface area contributed by atoms with E-state index in [-0.39, 0.29) is 22.6 Å². The summed E-state index contributed by atoms with van der Waals surface area (Å²) in [4.78, 5) is 15.6. The van der Waals surface area contributed by atoms with Crippen LogP contribution in [0.15, 0.2) is 12.3 Å². The largest absolute Gasteiger partial charge is 0.481 e. The zero-order valence-corrected chi connectivity index (χ0v) is 8.71. The van der Waals surface area contributed by atoms with Crippen molar-refractivity contribution >= 4 is 5.78 Å². The molecule has 2 rings (SSSR count). The molecule has 1 fully saturated rings. The van der Waals surface area contributed by atoms with Gasteiger partial charge in [-0.05, 0) is 12.8 Å². The van der Waals surface area contributed by atoms with E-state index in [2.05, 4.69) is 4.98 Å². The first-order valence-electron chi connectivity index (χ1n) is 4.81. The second kappa shape index (κ2) is 3.29. The summed E-state index contributed by atoms with van der Waals surface area (Å²) in [6, 6.07) is 1.36. The summed E-state index contributed by atoms with van der Waals surface area (Å²) in [6.45, 7) is 1.85. The monoisotopic (exact) mass is 209 g/mol. The van der Waals surface area contributed by atoms with Crippen LogP contribution in [0.2, 0.25) is 0 Å². The molecule has 15 heavy (non-hydrogen) atoms. The summed E-state index contributed by atoms with van der Waals surface area (Å²) >= 11 is 0. The molecule has 0 aliphatic heterocycles. The summed E-state index contributed by atoms with van der Waals surface area (Å²) in [5, 5.41) is 0. The lowest BCUT2D eigenvalue weighted by atomic mass is 9.97. The lowest BCUT2D eigenvalue weighted by Crippen LogP contribution is -2.14. The maximum atomic E-state index is 13.4. The van der Waals surface area contributed by atoms with E-state index in [1.165, 1.54) is 13.2 Å². The third kappa shape index (κ3) is 1.71. The van der Waals surface area contributed by atoms with E-state index in [1.807, 2.05) is 6.92 Å². The molecule has 1 aliphatic carbocycles. The number of Topliss-reactive ketones (excluding diaryl/α,β-unsaturated/α-hetero) is 1. The number of carbonyl (C=O) groups excluding carboxylic acids is 1. The lowest BCUT2D eigenvalue weighted by Gasteiger charge is -2.08. The number of hydrogen-bond acceptors (Lipinski definition) is 3. The number of pyridine rings is 1. The zero-order valence-electron chi connectivity index (χ0n) is 8.71. The third-order valence-electron chi connectivity index (χ3n) is 2.83. The number of hydrogen-bond donors (Lipinski definition) is 0. The SMILES string of the molecule is COc1cc(C(=O)C2(C)CC2)c(F)cn1. The maximum absolute atomic E-state index is 13.4. The van der Waals surface area contributed by atoms with Crippen molar-refractivity contribution in [3.8, 4) is 5.88 Å². The molecule has 0 radical (unpaired) electrons. The molecule has 0 aromatic carbocycles. The van der Waals surface area contributed by atoms with Crippen LogP contribution in [-0.4, -0.2) is 17.9 Å². The fraction of sp³-hybridized carbons (Fsp3) is 0.455. The van der Waals surface area contributed by atoms with Crippen LogP contribution in [0.3, 0.4) is 0 Å². The molecular weight excluding hydrogens is 197 g/mol. The van der Waals surface area contributed by atoms with E-state index < -0.39 is 5.82 Å². The molecule has 4 heteroatoms. The molecule has 1 saturated carbocycles. The molecule has 80 valence electrons. The van der Waals surface area contributed by atoms with Gasteiger partial charge in [-0.3, -0.25) is 4.79 Å². The number of aromatic nitrogens is 1. The average Bonchev–Trinajstić information content (AvgIpc) is 2.98. The van der Waals surface area contributed by atoms with Crippen LogP contribution in [0.1, 0.15) is 30.1 Å². The van der Waals surface area contributed by atoms with E-state index in [1.54, 1.807) is 0 Å². The van der Waals surface area contributed by atoms with E-state index >= 15 is 0 Å². The Hall–Kier alpha value is -1.45. The van der Waals surface area contributed by atoms with Crippen molar-refractivity contribution < 1.29 is 13.9 Å². The molecule has 0 saturated heterocycles. The highest BCUT2D eigenvalue weighted by Gasteiger charge is 2.45. The van der Waals surface area contributed by atoms with Gasteiger partial charge < -0.3 is 4.74 Å². The van der Waals surface area contributed by atoms with Gasteiger partial charge in [-0.25, -0.2) is 9.37 Å². The number of rotatable bonds is 3. The predicted molar refractivity (Wildman–Crippen MR) is 52.4 cm³/mol. The smallest absolute Gasteiger partial charge is 0.213 e. The summed E-state index contributed by atoms with van der Waals surface area (Å²) in [6.07, 6.45) is 2.68. The molecule has 0 N–H and O–H groups in total. The van der Waals surface area contributed by atoms with Crippen LogP contribution in [0.4, 0.5) is 4.39 Å². The average molecular weight is 209 g/mol. The van der Waals surface area contributed by atoms with E-state index in [9.17, 15) is 9.18 Å². The minimum Gasteiger partial charge on any atom is -0.481 e. The molecule has 0 amide bonds. The quantitative estimate of drug-likeness (QED) is 0.716. The van der Waals surface area contributed by atoms with Crippen molar-refractivity contribution in [3.63, 3.8) is 0 Å². The first-order valence-corrected chi connectivity index (χ1v) is 4.81. The first kappa shape index (κ1) is 10.1. The maximum Gasteiger partial charge on any atom is 0.213 e. The summed E-state index contributed by atoms with van der Waals surface area (Å²) in [5.74, 6) is -0.460. The molecule has 3 nitrogen and oxygen atoms in total. The Bertz CT molecular complexity index is 413. The number of ether oxygens (including phenoxy) is 1. The van der Waals surface area contributed by atoms with Crippen LogP contribution in [0.25, 0.3) is 0 Å². The minimum atomic E-state index is -0.575. The van der Waals surface area contributed by atoms with E-state index in [0.717, 1.165) is 19.0 Å². The molecule has 1 aromatic heterocycles. The van der Waals surface area contributed by atoms with Gasteiger partial charge in [0.05, 0.1) is 18.9 Å². The van der Waals surface area contributed by atoms with Crippen molar-refractivity contribution in [3.05, 3.63) is 23.6 Å². The Morgan fingerprint density at radius 3 is 2.80 bits per heavy atom. The van der Waals surface area contributed by atoms with Gasteiger partial charge in [0.15, 0.2) is 11.6 Å². The van der Waals surface area contributed by atoms with Gasteiger partial charge in [0.2, 0.25) is 5.88 Å². The minimum absolute atomic E-state index is 0.0850.